The van der Waals surface area contributed by atoms with E-state index in [9.17, 15) is 0 Å². The summed E-state index contributed by atoms with van der Waals surface area (Å²) in [6.07, 6.45) is 3.99. The van der Waals surface area contributed by atoms with Gasteiger partial charge in [-0.1, -0.05) is 54.6 Å². The maximum Gasteiger partial charge on any atom is 0.172 e. The van der Waals surface area contributed by atoms with Gasteiger partial charge < -0.3 is 16.4 Å². The summed E-state index contributed by atoms with van der Waals surface area (Å²) in [4.78, 5) is 0. The van der Waals surface area contributed by atoms with Crippen LogP contribution in [0.25, 0.3) is 6.08 Å². The molecular formula is C22H20N4. The van der Waals surface area contributed by atoms with E-state index in [2.05, 4.69) is 10.6 Å². The Balaban J connectivity index is 1.81. The number of rotatable bonds is 4. The molecule has 0 atom stereocenters. The molecule has 0 fully saturated rings. The van der Waals surface area contributed by atoms with Crippen LogP contribution in [0.2, 0.25) is 0 Å². The molecule has 0 aliphatic heterocycles. The normalized spacial score (nSPS) is 14.5. The van der Waals surface area contributed by atoms with Crippen LogP contribution in [0.3, 0.4) is 0 Å². The summed E-state index contributed by atoms with van der Waals surface area (Å²) < 4.78 is 0. The molecule has 3 aromatic rings. The molecule has 0 unspecified atom stereocenters. The highest BCUT2D eigenvalue weighted by Crippen LogP contribution is 2.33. The third-order valence-electron chi connectivity index (χ3n) is 4.52. The summed E-state index contributed by atoms with van der Waals surface area (Å²) >= 11 is 0. The van der Waals surface area contributed by atoms with Gasteiger partial charge in [0.05, 0.1) is 5.71 Å². The molecule has 5 N–H and O–H groups in total. The van der Waals surface area contributed by atoms with Gasteiger partial charge in [0.2, 0.25) is 0 Å². The number of nitrogens with two attached hydrogens (primary N) is 1. The average molecular weight is 340 g/mol. The van der Waals surface area contributed by atoms with Gasteiger partial charge >= 0.3 is 0 Å². The zero-order chi connectivity index (χ0) is 18.0. The number of nitrogen functional groups attached to an aromatic ring is 1. The minimum atomic E-state index is -0.898. The van der Waals surface area contributed by atoms with Crippen molar-refractivity contribution in [3.05, 3.63) is 96.1 Å². The number of anilines is 3. The highest BCUT2D eigenvalue weighted by molar-refractivity contribution is 6.17. The Hall–Kier alpha value is -3.53. The van der Waals surface area contributed by atoms with Crippen molar-refractivity contribution >= 4 is 28.8 Å². The number of hydrogen-bond acceptors (Lipinski definition) is 4. The maximum atomic E-state index is 8.96. The molecule has 4 heteroatoms. The van der Waals surface area contributed by atoms with Gasteiger partial charge in [-0.2, -0.15) is 0 Å². The molecule has 0 heterocycles. The lowest BCUT2D eigenvalue weighted by atomic mass is 9.85. The highest BCUT2D eigenvalue weighted by Gasteiger charge is 2.37. The second kappa shape index (κ2) is 6.41. The van der Waals surface area contributed by atoms with E-state index in [1.807, 2.05) is 91.0 Å². The molecule has 0 saturated heterocycles. The molecule has 0 saturated carbocycles. The van der Waals surface area contributed by atoms with Crippen molar-refractivity contribution in [2.24, 2.45) is 0 Å². The summed E-state index contributed by atoms with van der Waals surface area (Å²) in [6.45, 7) is 0. The Morgan fingerprint density at radius 2 is 1.31 bits per heavy atom. The molecule has 1 aliphatic rings. The summed E-state index contributed by atoms with van der Waals surface area (Å²) in [5, 5.41) is 15.9. The summed E-state index contributed by atoms with van der Waals surface area (Å²) in [6, 6.07) is 25.5. The van der Waals surface area contributed by atoms with Gasteiger partial charge in [-0.05, 0) is 42.0 Å². The van der Waals surface area contributed by atoms with Crippen molar-refractivity contribution in [2.75, 3.05) is 16.4 Å². The van der Waals surface area contributed by atoms with Gasteiger partial charge in [0.1, 0.15) is 0 Å². The van der Waals surface area contributed by atoms with Gasteiger partial charge in [0.15, 0.2) is 5.66 Å². The topological polar surface area (TPSA) is 73.9 Å². The Kier molecular flexibility index (Phi) is 3.93. The third kappa shape index (κ3) is 2.82. The molecule has 26 heavy (non-hydrogen) atoms. The van der Waals surface area contributed by atoms with E-state index in [0.717, 1.165) is 22.5 Å². The first-order chi connectivity index (χ1) is 12.7. The molecule has 1 aliphatic carbocycles. The van der Waals surface area contributed by atoms with Crippen LogP contribution in [0.5, 0.6) is 0 Å². The number of fused-ring (bicyclic) bond motifs is 1. The molecule has 0 amide bonds. The van der Waals surface area contributed by atoms with Crippen molar-refractivity contribution in [1.29, 1.82) is 5.41 Å². The summed E-state index contributed by atoms with van der Waals surface area (Å²) in [7, 11) is 0. The average Bonchev–Trinajstić information content (AvgIpc) is 2.67. The molecule has 0 aromatic heterocycles. The fourth-order valence-electron chi connectivity index (χ4n) is 3.25. The Morgan fingerprint density at radius 1 is 0.731 bits per heavy atom. The largest absolute Gasteiger partial charge is 0.398 e. The van der Waals surface area contributed by atoms with Crippen LogP contribution in [0.15, 0.2) is 84.9 Å². The van der Waals surface area contributed by atoms with Crippen molar-refractivity contribution in [3.63, 3.8) is 0 Å². The van der Waals surface area contributed by atoms with E-state index in [4.69, 9.17) is 11.1 Å². The third-order valence-corrected chi connectivity index (χ3v) is 4.52. The SMILES string of the molecule is N=C1c2c(N)cccc2C=CC1(Nc1ccccc1)Nc1ccccc1. The predicted octanol–water partition coefficient (Wildman–Crippen LogP) is 4.58. The minimum absolute atomic E-state index is 0.390. The Bertz CT molecular complexity index is 920. The molecule has 0 spiro atoms. The zero-order valence-electron chi connectivity index (χ0n) is 14.2. The van der Waals surface area contributed by atoms with Crippen molar-refractivity contribution in [2.45, 2.75) is 5.66 Å². The van der Waals surface area contributed by atoms with Crippen molar-refractivity contribution in [1.82, 2.24) is 0 Å². The first kappa shape index (κ1) is 16.0. The summed E-state index contributed by atoms with van der Waals surface area (Å²) in [5.41, 5.74) is 9.85. The number of hydrogen-bond donors (Lipinski definition) is 4. The fraction of sp³-hybridized carbons (Fsp3) is 0.0455. The first-order valence-corrected chi connectivity index (χ1v) is 8.51. The van der Waals surface area contributed by atoms with Gasteiger partial charge in [0, 0.05) is 22.6 Å². The van der Waals surface area contributed by atoms with E-state index in [0.29, 0.717) is 11.4 Å². The molecule has 0 radical (unpaired) electrons. The number of benzene rings is 3. The monoisotopic (exact) mass is 340 g/mol. The molecule has 128 valence electrons. The molecule has 3 aromatic carbocycles. The van der Waals surface area contributed by atoms with Gasteiger partial charge in [-0.25, -0.2) is 0 Å². The molecule has 4 rings (SSSR count). The Morgan fingerprint density at radius 3 is 1.88 bits per heavy atom. The van der Waals surface area contributed by atoms with Crippen LogP contribution < -0.4 is 16.4 Å². The molecular weight excluding hydrogens is 320 g/mol. The smallest absolute Gasteiger partial charge is 0.172 e. The minimum Gasteiger partial charge on any atom is -0.398 e. The van der Waals surface area contributed by atoms with E-state index in [1.54, 1.807) is 0 Å². The van der Waals surface area contributed by atoms with E-state index in [1.165, 1.54) is 0 Å². The van der Waals surface area contributed by atoms with Crippen molar-refractivity contribution in [3.8, 4) is 0 Å². The standard InChI is InChI=1S/C22H20N4/c23-19-13-7-8-16-14-15-22(21(24)20(16)19,25-17-9-3-1-4-10-17)26-18-11-5-2-6-12-18/h1-15,24-26H,23H2. The zero-order valence-corrected chi connectivity index (χ0v) is 14.2. The lowest BCUT2D eigenvalue weighted by molar-refractivity contribution is 0.859. The van der Waals surface area contributed by atoms with Crippen LogP contribution in [0.1, 0.15) is 11.1 Å². The second-order valence-corrected chi connectivity index (χ2v) is 6.31. The van der Waals surface area contributed by atoms with Crippen LogP contribution in [-0.2, 0) is 0 Å². The van der Waals surface area contributed by atoms with Crippen LogP contribution in [0.4, 0.5) is 17.1 Å². The van der Waals surface area contributed by atoms with Gasteiger partial charge in [0.25, 0.3) is 0 Å². The van der Waals surface area contributed by atoms with Crippen LogP contribution in [0, 0.1) is 5.41 Å². The fourth-order valence-corrected chi connectivity index (χ4v) is 3.25. The molecule has 0 bridgehead atoms. The van der Waals surface area contributed by atoms with Crippen LogP contribution in [-0.4, -0.2) is 11.4 Å². The van der Waals surface area contributed by atoms with E-state index >= 15 is 0 Å². The van der Waals surface area contributed by atoms with E-state index in [-0.39, 0.29) is 0 Å². The second-order valence-electron chi connectivity index (χ2n) is 6.31. The Labute approximate surface area is 152 Å². The number of nitrogens with one attached hydrogen (secondary N) is 3. The van der Waals surface area contributed by atoms with Gasteiger partial charge in [-0.15, -0.1) is 0 Å². The van der Waals surface area contributed by atoms with E-state index < -0.39 is 5.66 Å². The highest BCUT2D eigenvalue weighted by atomic mass is 15.2. The molecule has 4 nitrogen and oxygen atoms in total. The maximum absolute atomic E-state index is 8.96. The number of para-hydroxylation sites is 2. The quantitative estimate of drug-likeness (QED) is 0.415. The van der Waals surface area contributed by atoms with Crippen molar-refractivity contribution < 1.29 is 0 Å². The lowest BCUT2D eigenvalue weighted by Gasteiger charge is -2.38. The first-order valence-electron chi connectivity index (χ1n) is 8.51. The van der Waals surface area contributed by atoms with Gasteiger partial charge in [-0.3, -0.25) is 5.41 Å². The lowest BCUT2D eigenvalue weighted by Crippen LogP contribution is -2.53. The summed E-state index contributed by atoms with van der Waals surface area (Å²) in [5.74, 6) is 0. The van der Waals surface area contributed by atoms with Crippen LogP contribution >= 0.6 is 0 Å². The predicted molar refractivity (Wildman–Crippen MR) is 110 cm³/mol.